The number of rotatable bonds is 15. The zero-order valence-electron chi connectivity index (χ0n) is 19.0. The standard InChI is InChI=1S/C23H36N6O3/c1-31-15-14-29(13-5-8-22(30)32-27-18-19(16-24)17-25)12-3-2-7-21-10-9-20-6-4-11-26-23(20)28-21/h9-10,16,18,22,30H,2-8,11-15,24H2,1H3,(H,26,28)/b19-16-,27-18+. The molecule has 1 aliphatic heterocycles. The van der Waals surface area contributed by atoms with E-state index < -0.39 is 6.29 Å². The number of aromatic nitrogens is 1. The first kappa shape index (κ1) is 25.6. The Hall–Kier alpha value is -2.67. The van der Waals surface area contributed by atoms with Gasteiger partial charge >= 0.3 is 0 Å². The smallest absolute Gasteiger partial charge is 0.224 e. The minimum absolute atomic E-state index is 0.171. The second kappa shape index (κ2) is 15.2. The minimum Gasteiger partial charge on any atom is -0.403 e. The molecule has 2 heterocycles. The Morgan fingerprint density at radius 3 is 3.00 bits per heavy atom. The van der Waals surface area contributed by atoms with E-state index in [-0.39, 0.29) is 5.57 Å². The first-order valence-electron chi connectivity index (χ1n) is 11.3. The van der Waals surface area contributed by atoms with Gasteiger partial charge in [-0.3, -0.25) is 0 Å². The number of hydrogen-bond acceptors (Lipinski definition) is 9. The highest BCUT2D eigenvalue weighted by molar-refractivity contribution is 5.82. The molecule has 4 N–H and O–H groups in total. The summed E-state index contributed by atoms with van der Waals surface area (Å²) >= 11 is 0. The first-order chi connectivity index (χ1) is 15.7. The maximum atomic E-state index is 9.90. The van der Waals surface area contributed by atoms with Crippen molar-refractivity contribution >= 4 is 12.0 Å². The minimum atomic E-state index is -1.02. The van der Waals surface area contributed by atoms with Gasteiger partial charge in [-0.1, -0.05) is 11.2 Å². The van der Waals surface area contributed by atoms with Crippen molar-refractivity contribution in [3.8, 4) is 6.07 Å². The van der Waals surface area contributed by atoms with Crippen LogP contribution in [0.15, 0.2) is 29.1 Å². The van der Waals surface area contributed by atoms with Crippen LogP contribution in [-0.4, -0.2) is 67.4 Å². The van der Waals surface area contributed by atoms with E-state index in [1.807, 2.05) is 6.07 Å². The predicted octanol–water partition coefficient (Wildman–Crippen LogP) is 2.18. The Morgan fingerprint density at radius 1 is 1.38 bits per heavy atom. The number of aryl methyl sites for hydroxylation is 2. The summed E-state index contributed by atoms with van der Waals surface area (Å²) in [6, 6.07) is 6.21. The van der Waals surface area contributed by atoms with Crippen LogP contribution in [0, 0.1) is 11.3 Å². The summed E-state index contributed by atoms with van der Waals surface area (Å²) in [4.78, 5) is 12.1. The number of fused-ring (bicyclic) bond motifs is 1. The number of pyridine rings is 1. The van der Waals surface area contributed by atoms with Gasteiger partial charge in [0.15, 0.2) is 0 Å². The quantitative estimate of drug-likeness (QED) is 0.123. The van der Waals surface area contributed by atoms with Gasteiger partial charge in [0.2, 0.25) is 6.29 Å². The summed E-state index contributed by atoms with van der Waals surface area (Å²) in [5.41, 5.74) is 7.89. The molecule has 0 fully saturated rings. The van der Waals surface area contributed by atoms with Gasteiger partial charge in [0, 0.05) is 38.5 Å². The van der Waals surface area contributed by atoms with Crippen LogP contribution in [0.3, 0.4) is 0 Å². The number of nitrogens with zero attached hydrogens (tertiary/aromatic N) is 4. The highest BCUT2D eigenvalue weighted by Crippen LogP contribution is 2.20. The molecular formula is C23H36N6O3. The second-order valence-electron chi connectivity index (χ2n) is 7.80. The normalized spacial score (nSPS) is 14.8. The number of aliphatic hydroxyl groups excluding tert-OH is 1. The Kier molecular flexibility index (Phi) is 12.1. The topological polar surface area (TPSA) is 129 Å². The van der Waals surface area contributed by atoms with Crippen LogP contribution in [-0.2, 0) is 22.4 Å². The molecule has 1 atom stereocenters. The molecule has 1 aliphatic rings. The molecule has 0 aromatic carbocycles. The van der Waals surface area contributed by atoms with E-state index in [1.54, 1.807) is 7.11 Å². The maximum Gasteiger partial charge on any atom is 0.224 e. The van der Waals surface area contributed by atoms with Crippen molar-refractivity contribution in [1.29, 1.82) is 5.26 Å². The third-order valence-corrected chi connectivity index (χ3v) is 5.33. The molecule has 0 spiro atoms. The predicted molar refractivity (Wildman–Crippen MR) is 125 cm³/mol. The summed E-state index contributed by atoms with van der Waals surface area (Å²) in [5, 5.41) is 25.6. The second-order valence-corrected chi connectivity index (χ2v) is 7.80. The number of nitrogens with one attached hydrogen (secondary N) is 1. The van der Waals surface area contributed by atoms with E-state index in [9.17, 15) is 5.11 Å². The monoisotopic (exact) mass is 444 g/mol. The van der Waals surface area contributed by atoms with E-state index in [1.165, 1.54) is 18.2 Å². The van der Waals surface area contributed by atoms with Gasteiger partial charge < -0.3 is 30.6 Å². The van der Waals surface area contributed by atoms with Crippen LogP contribution in [0.4, 0.5) is 5.82 Å². The Balaban J connectivity index is 1.67. The van der Waals surface area contributed by atoms with Gasteiger partial charge in [0.05, 0.1) is 18.4 Å². The summed E-state index contributed by atoms with van der Waals surface area (Å²) in [6.45, 7) is 4.33. The van der Waals surface area contributed by atoms with E-state index in [0.29, 0.717) is 13.0 Å². The molecule has 0 bridgehead atoms. The first-order valence-corrected chi connectivity index (χ1v) is 11.3. The molecule has 2 rings (SSSR count). The van der Waals surface area contributed by atoms with Crippen molar-refractivity contribution in [1.82, 2.24) is 9.88 Å². The molecule has 9 nitrogen and oxygen atoms in total. The SMILES string of the molecule is COCCN(CCCCc1ccc2c(n1)NCCC2)CCCC(O)O/N=C/C(C#N)=C\N. The highest BCUT2D eigenvalue weighted by Gasteiger charge is 2.11. The fourth-order valence-corrected chi connectivity index (χ4v) is 3.51. The summed E-state index contributed by atoms with van der Waals surface area (Å²) in [7, 11) is 1.70. The van der Waals surface area contributed by atoms with Crippen LogP contribution in [0.5, 0.6) is 0 Å². The molecule has 0 aliphatic carbocycles. The van der Waals surface area contributed by atoms with Crippen LogP contribution in [0.1, 0.15) is 43.4 Å². The van der Waals surface area contributed by atoms with Gasteiger partial charge in [0.25, 0.3) is 0 Å². The molecule has 9 heteroatoms. The third kappa shape index (κ3) is 9.64. The fourth-order valence-electron chi connectivity index (χ4n) is 3.51. The summed E-state index contributed by atoms with van der Waals surface area (Å²) < 4.78 is 5.23. The van der Waals surface area contributed by atoms with Crippen molar-refractivity contribution in [2.75, 3.05) is 45.2 Å². The molecule has 0 saturated heterocycles. The number of anilines is 1. The van der Waals surface area contributed by atoms with E-state index in [4.69, 9.17) is 25.6 Å². The third-order valence-electron chi connectivity index (χ3n) is 5.33. The molecule has 176 valence electrons. The molecule has 1 aromatic heterocycles. The number of ether oxygens (including phenoxy) is 1. The Morgan fingerprint density at radius 2 is 2.22 bits per heavy atom. The largest absolute Gasteiger partial charge is 0.403 e. The lowest BCUT2D eigenvalue weighted by atomic mass is 10.1. The molecule has 32 heavy (non-hydrogen) atoms. The fraction of sp³-hybridized carbons (Fsp3) is 0.609. The van der Waals surface area contributed by atoms with Crippen molar-refractivity contribution in [2.24, 2.45) is 10.9 Å². The Labute approximate surface area is 190 Å². The molecule has 1 aromatic rings. The van der Waals surface area contributed by atoms with E-state index in [2.05, 4.69) is 27.5 Å². The van der Waals surface area contributed by atoms with Gasteiger partial charge in [-0.05, 0) is 63.2 Å². The van der Waals surface area contributed by atoms with E-state index >= 15 is 0 Å². The van der Waals surface area contributed by atoms with Crippen molar-refractivity contribution in [3.63, 3.8) is 0 Å². The highest BCUT2D eigenvalue weighted by atomic mass is 16.7. The van der Waals surface area contributed by atoms with Crippen LogP contribution < -0.4 is 11.1 Å². The molecule has 0 saturated carbocycles. The molecule has 0 radical (unpaired) electrons. The number of allylic oxidation sites excluding steroid dienone is 1. The van der Waals surface area contributed by atoms with Crippen molar-refractivity contribution < 1.29 is 14.7 Å². The number of hydrogen-bond donors (Lipinski definition) is 3. The van der Waals surface area contributed by atoms with Gasteiger partial charge in [0.1, 0.15) is 11.9 Å². The number of methoxy groups -OCH3 is 1. The van der Waals surface area contributed by atoms with Gasteiger partial charge in [-0.25, -0.2) is 4.98 Å². The average Bonchev–Trinajstić information content (AvgIpc) is 2.82. The zero-order chi connectivity index (χ0) is 23.0. The average molecular weight is 445 g/mol. The number of oxime groups is 1. The summed E-state index contributed by atoms with van der Waals surface area (Å²) in [6.07, 6.45) is 7.91. The lowest BCUT2D eigenvalue weighted by molar-refractivity contribution is -0.103. The zero-order valence-corrected chi connectivity index (χ0v) is 19.0. The Bertz CT molecular complexity index is 777. The van der Waals surface area contributed by atoms with Crippen LogP contribution >= 0.6 is 0 Å². The van der Waals surface area contributed by atoms with Crippen LogP contribution in [0.2, 0.25) is 0 Å². The molecule has 0 amide bonds. The molecular weight excluding hydrogens is 408 g/mol. The summed E-state index contributed by atoms with van der Waals surface area (Å²) in [5.74, 6) is 1.06. The lowest BCUT2D eigenvalue weighted by Crippen LogP contribution is -2.30. The van der Waals surface area contributed by atoms with E-state index in [0.717, 1.165) is 76.0 Å². The number of unbranched alkanes of at least 4 members (excludes halogenated alkanes) is 1. The number of nitriles is 1. The number of nitrogens with two attached hydrogens (primary N) is 1. The van der Waals surface area contributed by atoms with Gasteiger partial charge in [-0.2, -0.15) is 5.26 Å². The maximum absolute atomic E-state index is 9.90. The lowest BCUT2D eigenvalue weighted by Gasteiger charge is -2.22. The van der Waals surface area contributed by atoms with Crippen LogP contribution in [0.25, 0.3) is 0 Å². The molecule has 1 unspecified atom stereocenters. The van der Waals surface area contributed by atoms with Gasteiger partial charge in [-0.15, -0.1) is 0 Å². The van der Waals surface area contributed by atoms with Crippen molar-refractivity contribution in [2.45, 2.75) is 51.2 Å². The number of aliphatic hydroxyl groups is 1. The van der Waals surface area contributed by atoms with Crippen molar-refractivity contribution in [3.05, 3.63) is 35.2 Å².